The molecule has 0 spiro atoms. The fraction of sp³-hybridized carbons (Fsp3) is 0.349. The molecule has 1 aliphatic heterocycles. The lowest BCUT2D eigenvalue weighted by Crippen LogP contribution is -2.27. The third-order valence-corrected chi connectivity index (χ3v) is 8.53. The first-order chi connectivity index (χ1) is 26.3. The van der Waals surface area contributed by atoms with Gasteiger partial charge in [0.1, 0.15) is 29.6 Å². The van der Waals surface area contributed by atoms with Crippen LogP contribution in [0.4, 0.5) is 28.4 Å². The normalized spacial score (nSPS) is 13.0. The second kappa shape index (κ2) is 20.6. The largest absolute Gasteiger partial charge is 0.489 e. The number of carbonyl (C=O) groups excluding carboxylic acids is 1. The molecule has 3 aromatic rings. The van der Waals surface area contributed by atoms with Gasteiger partial charge >= 0.3 is 0 Å². The van der Waals surface area contributed by atoms with Crippen molar-refractivity contribution in [3.8, 4) is 24.0 Å². The standard InChI is InChI=1S/C43H47N9O2/c1-6-9-24-51(25-10-7-2)37-20-17-35(18-21-37)47-49-36-19-23-40(41(27-36)54-31(4)5)50-48-34-15-12-32(13-16-34)14-22-38-39(30-46)42(33(28-44)29-45)52(43(38)53)26-11-8-3/h12-23,27,31H,6-11,24-26H2,1-5H3/b22-14+,49-47?,50-48?. The van der Waals surface area contributed by atoms with E-state index in [1.54, 1.807) is 36.4 Å². The number of rotatable bonds is 18. The molecule has 0 aromatic heterocycles. The Morgan fingerprint density at radius 2 is 1.35 bits per heavy atom. The van der Waals surface area contributed by atoms with Crippen molar-refractivity contribution in [1.29, 1.82) is 15.8 Å². The first kappa shape index (κ1) is 40.4. The van der Waals surface area contributed by atoms with Crippen molar-refractivity contribution in [2.24, 2.45) is 20.5 Å². The van der Waals surface area contributed by atoms with Crippen molar-refractivity contribution in [3.05, 3.63) is 101 Å². The summed E-state index contributed by atoms with van der Waals surface area (Å²) in [5, 5.41) is 46.7. The molecule has 0 saturated heterocycles. The van der Waals surface area contributed by atoms with E-state index in [9.17, 15) is 20.6 Å². The highest BCUT2D eigenvalue weighted by Gasteiger charge is 2.36. The van der Waals surface area contributed by atoms with Crippen LogP contribution < -0.4 is 9.64 Å². The van der Waals surface area contributed by atoms with Gasteiger partial charge in [-0.25, -0.2) is 0 Å². The number of azo groups is 2. The minimum atomic E-state index is -0.410. The average Bonchev–Trinajstić information content (AvgIpc) is 3.45. The molecule has 0 N–H and O–H groups in total. The highest BCUT2D eigenvalue weighted by Crippen LogP contribution is 2.36. The van der Waals surface area contributed by atoms with E-state index < -0.39 is 5.91 Å². The van der Waals surface area contributed by atoms with Crippen LogP contribution in [0.15, 0.2) is 116 Å². The number of ether oxygens (including phenoxy) is 1. The maximum Gasteiger partial charge on any atom is 0.259 e. The molecule has 11 nitrogen and oxygen atoms in total. The third-order valence-electron chi connectivity index (χ3n) is 8.53. The first-order valence-electron chi connectivity index (χ1n) is 18.5. The summed E-state index contributed by atoms with van der Waals surface area (Å²) in [6.07, 6.45) is 9.27. The molecule has 1 heterocycles. The molecule has 0 fully saturated rings. The zero-order valence-corrected chi connectivity index (χ0v) is 31.8. The molecule has 1 amide bonds. The summed E-state index contributed by atoms with van der Waals surface area (Å²) >= 11 is 0. The maximum atomic E-state index is 13.3. The molecule has 0 bridgehead atoms. The summed E-state index contributed by atoms with van der Waals surface area (Å²) in [6.45, 7) is 12.7. The summed E-state index contributed by atoms with van der Waals surface area (Å²) in [5.41, 5.74) is 4.44. The number of hydrogen-bond donors (Lipinski definition) is 0. The summed E-state index contributed by atoms with van der Waals surface area (Å²) in [6, 6.07) is 26.5. The van der Waals surface area contributed by atoms with Crippen molar-refractivity contribution in [2.45, 2.75) is 79.2 Å². The van der Waals surface area contributed by atoms with Crippen LogP contribution in [0, 0.1) is 34.0 Å². The van der Waals surface area contributed by atoms with E-state index in [0.29, 0.717) is 35.8 Å². The Labute approximate surface area is 318 Å². The second-order valence-corrected chi connectivity index (χ2v) is 13.0. The number of unbranched alkanes of at least 4 members (excludes halogenated alkanes) is 3. The summed E-state index contributed by atoms with van der Waals surface area (Å²) in [5.74, 6) is 0.121. The van der Waals surface area contributed by atoms with Crippen LogP contribution in [0.1, 0.15) is 78.7 Å². The van der Waals surface area contributed by atoms with Crippen LogP contribution in [0.3, 0.4) is 0 Å². The van der Waals surface area contributed by atoms with Crippen molar-refractivity contribution >= 4 is 40.4 Å². The third kappa shape index (κ3) is 10.8. The molecule has 54 heavy (non-hydrogen) atoms. The predicted octanol–water partition coefficient (Wildman–Crippen LogP) is 11.5. The summed E-state index contributed by atoms with van der Waals surface area (Å²) in [7, 11) is 0. The zero-order chi connectivity index (χ0) is 38.9. The SMILES string of the molecule is CCCCN1C(=O)C(/C=C/c2ccc(N=Nc3ccc(N=Nc4ccc(N(CCCC)CCCC)cc4)cc3OC(C)C)cc2)=C(C#N)C1=C(C#N)C#N. The quantitative estimate of drug-likeness (QED) is 0.0940. The van der Waals surface area contributed by atoms with E-state index >= 15 is 0 Å². The van der Waals surface area contributed by atoms with Crippen LogP contribution in [-0.2, 0) is 4.79 Å². The number of nitriles is 3. The topological polar surface area (TPSA) is 154 Å². The van der Waals surface area contributed by atoms with E-state index in [1.165, 1.54) is 10.6 Å². The van der Waals surface area contributed by atoms with Crippen LogP contribution in [0.2, 0.25) is 0 Å². The van der Waals surface area contributed by atoms with E-state index in [-0.39, 0.29) is 28.5 Å². The first-order valence-corrected chi connectivity index (χ1v) is 18.5. The van der Waals surface area contributed by atoms with Gasteiger partial charge in [0, 0.05) is 31.4 Å². The van der Waals surface area contributed by atoms with Crippen LogP contribution in [0.5, 0.6) is 5.75 Å². The molecular formula is C43H47N9O2. The molecule has 11 heteroatoms. The van der Waals surface area contributed by atoms with Crippen molar-refractivity contribution in [3.63, 3.8) is 0 Å². The zero-order valence-electron chi connectivity index (χ0n) is 31.8. The van der Waals surface area contributed by atoms with Crippen LogP contribution in [-0.4, -0.2) is 36.5 Å². The number of carbonyl (C=O) groups is 1. The number of hydrogen-bond acceptors (Lipinski definition) is 10. The Balaban J connectivity index is 1.49. The highest BCUT2D eigenvalue weighted by atomic mass is 16.5. The smallest absolute Gasteiger partial charge is 0.259 e. The van der Waals surface area contributed by atoms with Crippen molar-refractivity contribution in [2.75, 3.05) is 24.5 Å². The number of anilines is 1. The van der Waals surface area contributed by atoms with Gasteiger partial charge in [-0.05, 0) is 93.3 Å². The Bertz CT molecular complexity index is 2010. The van der Waals surface area contributed by atoms with Gasteiger partial charge < -0.3 is 14.5 Å². The average molecular weight is 722 g/mol. The second-order valence-electron chi connectivity index (χ2n) is 13.0. The van der Waals surface area contributed by atoms with Crippen LogP contribution in [0.25, 0.3) is 6.08 Å². The molecule has 3 aromatic carbocycles. The Kier molecular flexibility index (Phi) is 15.4. The fourth-order valence-electron chi connectivity index (χ4n) is 5.66. The molecular weight excluding hydrogens is 675 g/mol. The number of nitrogens with zero attached hydrogens (tertiary/aromatic N) is 9. The molecule has 0 aliphatic carbocycles. The summed E-state index contributed by atoms with van der Waals surface area (Å²) < 4.78 is 6.06. The van der Waals surface area contributed by atoms with Crippen molar-refractivity contribution < 1.29 is 9.53 Å². The maximum absolute atomic E-state index is 13.3. The molecule has 276 valence electrons. The predicted molar refractivity (Wildman–Crippen MR) is 212 cm³/mol. The Hall–Kier alpha value is -6.38. The van der Waals surface area contributed by atoms with Gasteiger partial charge in [-0.15, -0.1) is 5.11 Å². The highest BCUT2D eigenvalue weighted by molar-refractivity contribution is 6.05. The van der Waals surface area contributed by atoms with Gasteiger partial charge in [0.15, 0.2) is 5.57 Å². The van der Waals surface area contributed by atoms with Gasteiger partial charge in [-0.1, -0.05) is 58.2 Å². The van der Waals surface area contributed by atoms with E-state index in [2.05, 4.69) is 51.3 Å². The van der Waals surface area contributed by atoms with E-state index in [1.807, 2.05) is 69.3 Å². The number of allylic oxidation sites excluding steroid dienone is 2. The minimum Gasteiger partial charge on any atom is -0.489 e. The molecule has 0 atom stereocenters. The fourth-order valence-corrected chi connectivity index (χ4v) is 5.66. The van der Waals surface area contributed by atoms with Gasteiger partial charge in [-0.2, -0.15) is 31.1 Å². The molecule has 0 saturated carbocycles. The lowest BCUT2D eigenvalue weighted by molar-refractivity contribution is -0.124. The Morgan fingerprint density at radius 1 is 0.778 bits per heavy atom. The number of amides is 1. The van der Waals surface area contributed by atoms with Gasteiger partial charge in [0.2, 0.25) is 0 Å². The molecule has 0 radical (unpaired) electrons. The van der Waals surface area contributed by atoms with E-state index in [4.69, 9.17) is 4.74 Å². The monoisotopic (exact) mass is 721 g/mol. The number of benzene rings is 3. The molecule has 1 aliphatic rings. The van der Waals surface area contributed by atoms with E-state index in [0.717, 1.165) is 56.4 Å². The lowest BCUT2D eigenvalue weighted by Gasteiger charge is -2.24. The lowest BCUT2D eigenvalue weighted by atomic mass is 10.1. The van der Waals surface area contributed by atoms with Crippen LogP contribution >= 0.6 is 0 Å². The Morgan fingerprint density at radius 3 is 1.93 bits per heavy atom. The van der Waals surface area contributed by atoms with Crippen molar-refractivity contribution in [1.82, 2.24) is 4.90 Å². The van der Waals surface area contributed by atoms with Gasteiger partial charge in [-0.3, -0.25) is 4.79 Å². The minimum absolute atomic E-state index is 0.0174. The summed E-state index contributed by atoms with van der Waals surface area (Å²) in [4.78, 5) is 17.1. The molecule has 0 unspecified atom stereocenters. The molecule has 4 rings (SSSR count). The van der Waals surface area contributed by atoms with Gasteiger partial charge in [0.25, 0.3) is 5.91 Å². The van der Waals surface area contributed by atoms with Gasteiger partial charge in [0.05, 0.1) is 40.0 Å².